The predicted molar refractivity (Wildman–Crippen MR) is 76.4 cm³/mol. The molecule has 0 unspecified atom stereocenters. The number of carbonyl (C=O) groups is 1. The van der Waals surface area contributed by atoms with Crippen LogP contribution in [0.25, 0.3) is 0 Å². The minimum absolute atomic E-state index is 0.286. The van der Waals surface area contributed by atoms with Crippen LogP contribution >= 0.6 is 11.3 Å². The van der Waals surface area contributed by atoms with E-state index in [0.29, 0.717) is 5.56 Å². The Hall–Kier alpha value is -1.85. The highest BCUT2D eigenvalue weighted by atomic mass is 32.1. The SMILES string of the molecule is NC(=O)c1csc(CNCCc2ccc(O)cc2)c1. The number of hydrogen-bond donors (Lipinski definition) is 3. The Labute approximate surface area is 115 Å². The molecular formula is C14H16N2O2S. The fourth-order valence-electron chi connectivity index (χ4n) is 1.71. The number of aromatic hydroxyl groups is 1. The number of amides is 1. The smallest absolute Gasteiger partial charge is 0.249 e. The molecule has 2 rings (SSSR count). The van der Waals surface area contributed by atoms with E-state index in [4.69, 9.17) is 5.73 Å². The topological polar surface area (TPSA) is 75.4 Å². The van der Waals surface area contributed by atoms with Gasteiger partial charge in [0.05, 0.1) is 5.56 Å². The molecule has 4 N–H and O–H groups in total. The molecular weight excluding hydrogens is 260 g/mol. The third-order valence-corrected chi connectivity index (χ3v) is 3.70. The van der Waals surface area contributed by atoms with Gasteiger partial charge < -0.3 is 16.2 Å². The van der Waals surface area contributed by atoms with Crippen LogP contribution in [0.4, 0.5) is 0 Å². The van der Waals surface area contributed by atoms with E-state index < -0.39 is 0 Å². The lowest BCUT2D eigenvalue weighted by molar-refractivity contribution is 0.100. The minimum Gasteiger partial charge on any atom is -0.508 e. The van der Waals surface area contributed by atoms with E-state index in [0.717, 1.165) is 24.4 Å². The van der Waals surface area contributed by atoms with Crippen molar-refractivity contribution in [2.24, 2.45) is 5.73 Å². The minimum atomic E-state index is -0.383. The molecule has 0 bridgehead atoms. The zero-order chi connectivity index (χ0) is 13.7. The summed E-state index contributed by atoms with van der Waals surface area (Å²) in [5.74, 6) is -0.0964. The summed E-state index contributed by atoms with van der Waals surface area (Å²) in [6, 6.07) is 9.02. The number of nitrogens with one attached hydrogen (secondary N) is 1. The summed E-state index contributed by atoms with van der Waals surface area (Å²) >= 11 is 1.53. The van der Waals surface area contributed by atoms with Crippen molar-refractivity contribution in [2.75, 3.05) is 6.54 Å². The summed E-state index contributed by atoms with van der Waals surface area (Å²) in [5, 5.41) is 14.3. The average Bonchev–Trinajstić information content (AvgIpc) is 2.86. The lowest BCUT2D eigenvalue weighted by atomic mass is 10.1. The van der Waals surface area contributed by atoms with Crippen LogP contribution in [0.1, 0.15) is 20.8 Å². The molecule has 1 heterocycles. The zero-order valence-corrected chi connectivity index (χ0v) is 11.2. The van der Waals surface area contributed by atoms with Crippen LogP contribution in [0.2, 0.25) is 0 Å². The van der Waals surface area contributed by atoms with Crippen LogP contribution in [-0.4, -0.2) is 17.6 Å². The van der Waals surface area contributed by atoms with Gasteiger partial charge in [0.2, 0.25) is 5.91 Å². The molecule has 0 aliphatic carbocycles. The van der Waals surface area contributed by atoms with E-state index in [9.17, 15) is 9.90 Å². The van der Waals surface area contributed by atoms with Crippen LogP contribution in [0.5, 0.6) is 5.75 Å². The second kappa shape index (κ2) is 6.36. The Morgan fingerprint density at radius 2 is 2.05 bits per heavy atom. The van der Waals surface area contributed by atoms with Crippen molar-refractivity contribution < 1.29 is 9.90 Å². The Kier molecular flexibility index (Phi) is 4.54. The van der Waals surface area contributed by atoms with E-state index in [1.165, 1.54) is 16.9 Å². The monoisotopic (exact) mass is 276 g/mol. The van der Waals surface area contributed by atoms with E-state index in [1.807, 2.05) is 18.2 Å². The van der Waals surface area contributed by atoms with Gasteiger partial charge >= 0.3 is 0 Å². The number of thiophene rings is 1. The van der Waals surface area contributed by atoms with Crippen LogP contribution in [0, 0.1) is 0 Å². The number of nitrogens with two attached hydrogens (primary N) is 1. The van der Waals surface area contributed by atoms with Gasteiger partial charge in [-0.1, -0.05) is 12.1 Å². The van der Waals surface area contributed by atoms with Gasteiger partial charge in [0.25, 0.3) is 0 Å². The summed E-state index contributed by atoms with van der Waals surface area (Å²) < 4.78 is 0. The largest absolute Gasteiger partial charge is 0.508 e. The highest BCUT2D eigenvalue weighted by molar-refractivity contribution is 7.10. The summed E-state index contributed by atoms with van der Waals surface area (Å²) in [4.78, 5) is 12.0. The van der Waals surface area contributed by atoms with Crippen LogP contribution in [-0.2, 0) is 13.0 Å². The first-order valence-corrected chi connectivity index (χ1v) is 6.89. The highest BCUT2D eigenvalue weighted by Crippen LogP contribution is 2.14. The molecule has 5 heteroatoms. The Balaban J connectivity index is 1.74. The van der Waals surface area contributed by atoms with Crippen LogP contribution in [0.15, 0.2) is 35.7 Å². The summed E-state index contributed by atoms with van der Waals surface area (Å²) in [6.07, 6.45) is 0.897. The standard InChI is InChI=1S/C14H16N2O2S/c15-14(18)11-7-13(19-9-11)8-16-6-5-10-1-3-12(17)4-2-10/h1-4,7,9,16-17H,5-6,8H2,(H2,15,18). The van der Waals surface area contributed by atoms with Gasteiger partial charge in [-0.15, -0.1) is 11.3 Å². The number of carbonyl (C=O) groups excluding carboxylic acids is 1. The molecule has 0 saturated heterocycles. The zero-order valence-electron chi connectivity index (χ0n) is 10.4. The first-order valence-electron chi connectivity index (χ1n) is 6.01. The van der Waals surface area contributed by atoms with Gasteiger partial charge in [-0.05, 0) is 36.7 Å². The molecule has 0 spiro atoms. The van der Waals surface area contributed by atoms with Crippen LogP contribution < -0.4 is 11.1 Å². The Morgan fingerprint density at radius 3 is 2.68 bits per heavy atom. The third-order valence-electron chi connectivity index (χ3n) is 2.76. The second-order valence-corrected chi connectivity index (χ2v) is 5.25. The van der Waals surface area contributed by atoms with E-state index >= 15 is 0 Å². The Bertz CT molecular complexity index is 549. The molecule has 100 valence electrons. The molecule has 0 atom stereocenters. The first-order chi connectivity index (χ1) is 9.15. The molecule has 0 saturated carbocycles. The maximum atomic E-state index is 10.9. The molecule has 2 aromatic rings. The molecule has 4 nitrogen and oxygen atoms in total. The van der Waals surface area contributed by atoms with Gasteiger partial charge in [-0.2, -0.15) is 0 Å². The quantitative estimate of drug-likeness (QED) is 0.705. The highest BCUT2D eigenvalue weighted by Gasteiger charge is 2.04. The summed E-state index contributed by atoms with van der Waals surface area (Å²) in [5.41, 5.74) is 6.94. The van der Waals surface area contributed by atoms with Crippen molar-refractivity contribution in [3.63, 3.8) is 0 Å². The molecule has 0 fully saturated rings. The third kappa shape index (κ3) is 4.08. The maximum Gasteiger partial charge on any atom is 0.249 e. The van der Waals surface area contributed by atoms with Gasteiger partial charge in [0.15, 0.2) is 0 Å². The maximum absolute atomic E-state index is 10.9. The second-order valence-electron chi connectivity index (χ2n) is 4.26. The van der Waals surface area contributed by atoms with Gasteiger partial charge in [0, 0.05) is 16.8 Å². The summed E-state index contributed by atoms with van der Waals surface area (Å²) in [7, 11) is 0. The van der Waals surface area contributed by atoms with Crippen molar-refractivity contribution in [3.05, 3.63) is 51.7 Å². The van der Waals surface area contributed by atoms with Crippen molar-refractivity contribution in [1.29, 1.82) is 0 Å². The van der Waals surface area contributed by atoms with E-state index in [2.05, 4.69) is 5.32 Å². The first kappa shape index (κ1) is 13.6. The lowest BCUT2D eigenvalue weighted by Gasteiger charge is -2.03. The number of hydrogen-bond acceptors (Lipinski definition) is 4. The molecule has 19 heavy (non-hydrogen) atoms. The van der Waals surface area contributed by atoms with Crippen molar-refractivity contribution in [3.8, 4) is 5.75 Å². The average molecular weight is 276 g/mol. The number of phenols is 1. The molecule has 0 aliphatic rings. The molecule has 1 aromatic carbocycles. The fraction of sp³-hybridized carbons (Fsp3) is 0.214. The van der Waals surface area contributed by atoms with Crippen molar-refractivity contribution in [2.45, 2.75) is 13.0 Å². The number of phenolic OH excluding ortho intramolecular Hbond substituents is 1. The Morgan fingerprint density at radius 1 is 1.32 bits per heavy atom. The van der Waals surface area contributed by atoms with Gasteiger partial charge in [-0.25, -0.2) is 0 Å². The fourth-order valence-corrected chi connectivity index (χ4v) is 2.55. The van der Waals surface area contributed by atoms with E-state index in [1.54, 1.807) is 17.5 Å². The lowest BCUT2D eigenvalue weighted by Crippen LogP contribution is -2.16. The normalized spacial score (nSPS) is 10.5. The number of primary amides is 1. The number of benzene rings is 1. The molecule has 1 aromatic heterocycles. The van der Waals surface area contributed by atoms with E-state index in [-0.39, 0.29) is 11.7 Å². The van der Waals surface area contributed by atoms with Crippen LogP contribution in [0.3, 0.4) is 0 Å². The molecule has 1 amide bonds. The predicted octanol–water partition coefficient (Wildman–Crippen LogP) is 1.88. The van der Waals surface area contributed by atoms with Gasteiger partial charge in [-0.3, -0.25) is 4.79 Å². The number of rotatable bonds is 6. The summed E-state index contributed by atoms with van der Waals surface area (Å²) in [6.45, 7) is 1.57. The molecule has 0 aliphatic heterocycles. The molecule has 0 radical (unpaired) electrons. The van der Waals surface area contributed by atoms with Gasteiger partial charge in [0.1, 0.15) is 5.75 Å². The van der Waals surface area contributed by atoms with Crippen molar-refractivity contribution >= 4 is 17.2 Å². The van der Waals surface area contributed by atoms with Crippen molar-refractivity contribution in [1.82, 2.24) is 5.32 Å².